The maximum absolute atomic E-state index is 13.1. The van der Waals surface area contributed by atoms with Gasteiger partial charge < -0.3 is 10.1 Å². The van der Waals surface area contributed by atoms with Gasteiger partial charge in [0.1, 0.15) is 5.75 Å². The van der Waals surface area contributed by atoms with E-state index in [-0.39, 0.29) is 22.0 Å². The average molecular weight is 542 g/mol. The first-order valence-electron chi connectivity index (χ1n) is 11.4. The molecule has 2 aromatic carbocycles. The van der Waals surface area contributed by atoms with E-state index in [1.807, 2.05) is 0 Å². The van der Waals surface area contributed by atoms with Gasteiger partial charge in [-0.2, -0.15) is 8.61 Å². The van der Waals surface area contributed by atoms with Gasteiger partial charge in [0, 0.05) is 31.2 Å². The Kier molecular flexibility index (Phi) is 7.72. The summed E-state index contributed by atoms with van der Waals surface area (Å²) in [6.07, 6.45) is 2.66. The molecule has 1 N–H and O–H groups in total. The third-order valence-corrected chi connectivity index (χ3v) is 10.4. The molecule has 0 aliphatic carbocycles. The number of carbonyl (C=O) groups is 1. The molecule has 0 bridgehead atoms. The van der Waals surface area contributed by atoms with Gasteiger partial charge in [-0.25, -0.2) is 16.8 Å². The number of nitrogens with zero attached hydrogens (tertiary/aromatic N) is 2. The van der Waals surface area contributed by atoms with Gasteiger partial charge in [-0.1, -0.05) is 11.6 Å². The zero-order valence-electron chi connectivity index (χ0n) is 19.3. The number of methoxy groups -OCH3 is 1. The lowest BCUT2D eigenvalue weighted by molar-refractivity contribution is -0.120. The Hall–Kier alpha value is -2.18. The average Bonchev–Trinajstić information content (AvgIpc) is 3.40. The molecule has 1 atom stereocenters. The lowest BCUT2D eigenvalue weighted by Crippen LogP contribution is -2.43. The SMILES string of the molecule is COc1ccc(S(=O)(=O)N2CCCC2)cc1NC(=O)[C@H]1CCCN(S(=O)(=O)c2ccc(Cl)cc2)C1. The summed E-state index contributed by atoms with van der Waals surface area (Å²) in [7, 11) is -6.03. The quantitative estimate of drug-likeness (QED) is 0.576. The molecule has 35 heavy (non-hydrogen) atoms. The van der Waals surface area contributed by atoms with E-state index < -0.39 is 31.9 Å². The molecule has 0 spiro atoms. The lowest BCUT2D eigenvalue weighted by atomic mass is 9.98. The van der Waals surface area contributed by atoms with Crippen molar-refractivity contribution >= 4 is 43.2 Å². The van der Waals surface area contributed by atoms with E-state index in [9.17, 15) is 21.6 Å². The van der Waals surface area contributed by atoms with Gasteiger partial charge in [0.25, 0.3) is 0 Å². The first kappa shape index (κ1) is 25.9. The predicted octanol–water partition coefficient (Wildman–Crippen LogP) is 3.17. The van der Waals surface area contributed by atoms with Crippen molar-refractivity contribution in [1.29, 1.82) is 0 Å². The smallest absolute Gasteiger partial charge is 0.243 e. The Bertz CT molecular complexity index is 1290. The van der Waals surface area contributed by atoms with Crippen molar-refractivity contribution in [1.82, 2.24) is 8.61 Å². The highest BCUT2D eigenvalue weighted by molar-refractivity contribution is 7.89. The molecular weight excluding hydrogens is 514 g/mol. The summed E-state index contributed by atoms with van der Waals surface area (Å²) in [6.45, 7) is 1.26. The number of carbonyl (C=O) groups excluding carboxylic acids is 1. The molecule has 2 aliphatic rings. The van der Waals surface area contributed by atoms with Crippen molar-refractivity contribution in [3.63, 3.8) is 0 Å². The van der Waals surface area contributed by atoms with Gasteiger partial charge in [0.15, 0.2) is 0 Å². The summed E-state index contributed by atoms with van der Waals surface area (Å²) < 4.78 is 60.1. The Morgan fingerprint density at radius 3 is 2.17 bits per heavy atom. The van der Waals surface area contributed by atoms with Crippen LogP contribution in [0.25, 0.3) is 0 Å². The summed E-state index contributed by atoms with van der Waals surface area (Å²) in [5.74, 6) is -0.676. The van der Waals surface area contributed by atoms with Crippen LogP contribution < -0.4 is 10.1 Å². The van der Waals surface area contributed by atoms with Crippen LogP contribution in [0.3, 0.4) is 0 Å². The Labute approximate surface area is 211 Å². The van der Waals surface area contributed by atoms with Crippen molar-refractivity contribution in [3.8, 4) is 5.75 Å². The fourth-order valence-corrected chi connectivity index (χ4v) is 7.58. The highest BCUT2D eigenvalue weighted by Gasteiger charge is 2.34. The van der Waals surface area contributed by atoms with E-state index in [4.69, 9.17) is 16.3 Å². The second kappa shape index (κ2) is 10.4. The molecule has 0 radical (unpaired) electrons. The van der Waals surface area contributed by atoms with Gasteiger partial charge >= 0.3 is 0 Å². The molecule has 12 heteroatoms. The Balaban J connectivity index is 1.52. The number of sulfonamides is 2. The highest BCUT2D eigenvalue weighted by Crippen LogP contribution is 2.32. The van der Waals surface area contributed by atoms with Crippen LogP contribution in [0.15, 0.2) is 52.3 Å². The Morgan fingerprint density at radius 2 is 1.51 bits per heavy atom. The molecule has 0 saturated carbocycles. The van der Waals surface area contributed by atoms with Crippen LogP contribution in [0.5, 0.6) is 5.75 Å². The number of ether oxygens (including phenoxy) is 1. The molecule has 0 aromatic heterocycles. The van der Waals surface area contributed by atoms with E-state index in [2.05, 4.69) is 5.32 Å². The zero-order chi connectivity index (χ0) is 25.2. The van der Waals surface area contributed by atoms with Gasteiger partial charge in [-0.15, -0.1) is 0 Å². The molecule has 2 fully saturated rings. The van der Waals surface area contributed by atoms with Crippen molar-refractivity contribution in [3.05, 3.63) is 47.5 Å². The minimum atomic E-state index is -3.78. The molecule has 2 aromatic rings. The maximum Gasteiger partial charge on any atom is 0.243 e. The lowest BCUT2D eigenvalue weighted by Gasteiger charge is -2.31. The number of benzene rings is 2. The van der Waals surface area contributed by atoms with Crippen molar-refractivity contribution in [2.45, 2.75) is 35.5 Å². The normalized spacial score (nSPS) is 20.0. The second-order valence-electron chi connectivity index (χ2n) is 8.62. The minimum absolute atomic E-state index is 0.0187. The van der Waals surface area contributed by atoms with Gasteiger partial charge in [-0.3, -0.25) is 4.79 Å². The van der Waals surface area contributed by atoms with Crippen LogP contribution in [0.2, 0.25) is 5.02 Å². The number of halogens is 1. The molecule has 4 rings (SSSR count). The second-order valence-corrected chi connectivity index (χ2v) is 12.9. The summed E-state index contributed by atoms with van der Waals surface area (Å²) in [6, 6.07) is 10.3. The van der Waals surface area contributed by atoms with E-state index in [0.717, 1.165) is 12.8 Å². The Morgan fingerprint density at radius 1 is 0.914 bits per heavy atom. The number of piperidine rings is 1. The van der Waals surface area contributed by atoms with Crippen LogP contribution in [0, 0.1) is 5.92 Å². The van der Waals surface area contributed by atoms with Crippen LogP contribution in [-0.4, -0.2) is 64.6 Å². The molecule has 1 amide bonds. The summed E-state index contributed by atoms with van der Waals surface area (Å²) in [5.41, 5.74) is 0.232. The first-order valence-corrected chi connectivity index (χ1v) is 14.6. The maximum atomic E-state index is 13.1. The van der Waals surface area contributed by atoms with Crippen LogP contribution in [0.4, 0.5) is 5.69 Å². The molecule has 0 unspecified atom stereocenters. The van der Waals surface area contributed by atoms with Gasteiger partial charge in [0.05, 0.1) is 28.5 Å². The molecular formula is C23H28ClN3O6S2. The monoisotopic (exact) mass is 541 g/mol. The van der Waals surface area contributed by atoms with Crippen molar-refractivity contribution < 1.29 is 26.4 Å². The zero-order valence-corrected chi connectivity index (χ0v) is 21.7. The van der Waals surface area contributed by atoms with E-state index in [0.29, 0.717) is 43.2 Å². The van der Waals surface area contributed by atoms with Crippen LogP contribution in [-0.2, 0) is 24.8 Å². The van der Waals surface area contributed by atoms with Crippen molar-refractivity contribution in [2.24, 2.45) is 5.92 Å². The third-order valence-electron chi connectivity index (χ3n) is 6.34. The van der Waals surface area contributed by atoms with Gasteiger partial charge in [-0.05, 0) is 68.1 Å². The first-order chi connectivity index (χ1) is 16.6. The minimum Gasteiger partial charge on any atom is -0.495 e. The molecule has 2 heterocycles. The fraction of sp³-hybridized carbons (Fsp3) is 0.435. The number of hydrogen-bond donors (Lipinski definition) is 1. The number of hydrogen-bond acceptors (Lipinski definition) is 6. The summed E-state index contributed by atoms with van der Waals surface area (Å²) in [4.78, 5) is 13.3. The predicted molar refractivity (Wildman–Crippen MR) is 133 cm³/mol. The number of anilines is 1. The number of nitrogens with one attached hydrogen (secondary N) is 1. The number of amides is 1. The largest absolute Gasteiger partial charge is 0.495 e. The van der Waals surface area contributed by atoms with E-state index in [1.165, 1.54) is 58.2 Å². The molecule has 190 valence electrons. The van der Waals surface area contributed by atoms with Crippen LogP contribution in [0.1, 0.15) is 25.7 Å². The highest BCUT2D eigenvalue weighted by atomic mass is 35.5. The standard InChI is InChI=1S/C23H28ClN3O6S2/c1-33-22-11-10-20(35(31,32)26-12-2-3-13-26)15-21(22)25-23(28)17-5-4-14-27(16-17)34(29,30)19-8-6-18(24)7-9-19/h6-11,15,17H,2-5,12-14,16H2,1H3,(H,25,28)/t17-/m0/s1. The molecule has 2 saturated heterocycles. The third kappa shape index (κ3) is 5.49. The topological polar surface area (TPSA) is 113 Å². The molecule has 2 aliphatic heterocycles. The van der Waals surface area contributed by atoms with Crippen molar-refractivity contribution in [2.75, 3.05) is 38.6 Å². The van der Waals surface area contributed by atoms with Gasteiger partial charge in [0.2, 0.25) is 26.0 Å². The fourth-order valence-electron chi connectivity index (χ4n) is 4.39. The summed E-state index contributed by atoms with van der Waals surface area (Å²) >= 11 is 5.88. The van der Waals surface area contributed by atoms with E-state index in [1.54, 1.807) is 0 Å². The van der Waals surface area contributed by atoms with E-state index >= 15 is 0 Å². The van der Waals surface area contributed by atoms with Crippen LogP contribution >= 0.6 is 11.6 Å². The molecule has 9 nitrogen and oxygen atoms in total. The number of rotatable bonds is 7. The summed E-state index contributed by atoms with van der Waals surface area (Å²) in [5, 5.41) is 3.20.